The number of likely N-dealkylation sites (tertiary alicyclic amines) is 3. The maximum absolute atomic E-state index is 14.1. The normalized spacial score (nSPS) is 20.1. The average Bonchev–Trinajstić information content (AvgIpc) is 3.31. The van der Waals surface area contributed by atoms with Gasteiger partial charge in [0.1, 0.15) is 5.75 Å². The van der Waals surface area contributed by atoms with Crippen molar-refractivity contribution in [2.75, 3.05) is 51.1 Å². The number of ether oxygens (including phenoxy) is 1. The number of para-hydroxylation sites is 1. The Morgan fingerprint density at radius 3 is 2.06 bits per heavy atom. The summed E-state index contributed by atoms with van der Waals surface area (Å²) in [6.45, 7) is 7.36. The number of amides is 5. The Hall–Kier alpha value is -4.61. The molecule has 1 atom stereocenters. The van der Waals surface area contributed by atoms with Crippen LogP contribution < -0.4 is 5.32 Å². The number of nitrogens with zero attached hydrogens (tertiary/aromatic N) is 4. The third-order valence-electron chi connectivity index (χ3n) is 11.3. The summed E-state index contributed by atoms with van der Waals surface area (Å²) >= 11 is 0. The Bertz CT molecular complexity index is 1570. The summed E-state index contributed by atoms with van der Waals surface area (Å²) in [7, 11) is 0. The number of carbonyl (C=O) groups is 5. The molecule has 0 aromatic heterocycles. The highest BCUT2D eigenvalue weighted by Crippen LogP contribution is 2.33. The fourth-order valence-electron chi connectivity index (χ4n) is 8.31. The summed E-state index contributed by atoms with van der Waals surface area (Å²) < 4.78 is 6.05. The van der Waals surface area contributed by atoms with E-state index >= 15 is 0 Å². The number of hydrogen-bond donors (Lipinski definition) is 2. The second kappa shape index (κ2) is 15.5. The molecule has 50 heavy (non-hydrogen) atoms. The number of aryl methyl sites for hydroxylation is 2. The van der Waals surface area contributed by atoms with Gasteiger partial charge >= 0.3 is 12.1 Å². The van der Waals surface area contributed by atoms with Gasteiger partial charge in [0, 0.05) is 64.0 Å². The van der Waals surface area contributed by atoms with Crippen LogP contribution in [0.1, 0.15) is 60.8 Å². The molecule has 4 aliphatic rings. The van der Waals surface area contributed by atoms with Crippen molar-refractivity contribution in [3.8, 4) is 5.75 Å². The molecule has 0 saturated carbocycles. The lowest BCUT2D eigenvalue weighted by Crippen LogP contribution is -2.52. The number of hydrogen-bond acceptors (Lipinski definition) is 7. The maximum atomic E-state index is 14.1. The van der Waals surface area contributed by atoms with Gasteiger partial charge in [-0.05, 0) is 98.9 Å². The largest absolute Gasteiger partial charge is 0.507 e. The highest BCUT2D eigenvalue weighted by molar-refractivity contribution is 6.23. The quantitative estimate of drug-likeness (QED) is 0.327. The van der Waals surface area contributed by atoms with Gasteiger partial charge in [-0.15, -0.1) is 0 Å². The van der Waals surface area contributed by atoms with E-state index in [1.807, 2.05) is 60.0 Å². The van der Waals surface area contributed by atoms with Crippen LogP contribution in [-0.4, -0.2) is 113 Å². The van der Waals surface area contributed by atoms with E-state index in [9.17, 15) is 29.1 Å². The van der Waals surface area contributed by atoms with Crippen LogP contribution in [0.4, 0.5) is 15.3 Å². The van der Waals surface area contributed by atoms with E-state index < -0.39 is 18.1 Å². The second-order valence-corrected chi connectivity index (χ2v) is 14.3. The molecule has 12 nitrogen and oxygen atoms in total. The zero-order chi connectivity index (χ0) is 35.4. The molecule has 4 heterocycles. The Morgan fingerprint density at radius 2 is 1.44 bits per heavy atom. The van der Waals surface area contributed by atoms with E-state index in [4.69, 9.17) is 4.74 Å². The molecule has 12 heteroatoms. The summed E-state index contributed by atoms with van der Waals surface area (Å²) in [6.07, 6.45) is 4.38. The minimum Gasteiger partial charge on any atom is -0.507 e. The molecular weight excluding hydrogens is 638 g/mol. The highest BCUT2D eigenvalue weighted by Gasteiger charge is 2.37. The molecule has 0 spiro atoms. The van der Waals surface area contributed by atoms with Crippen molar-refractivity contribution in [3.05, 3.63) is 58.7 Å². The van der Waals surface area contributed by atoms with Gasteiger partial charge in [0.15, 0.2) is 6.10 Å². The molecule has 3 fully saturated rings. The first-order valence-corrected chi connectivity index (χ1v) is 18.0. The van der Waals surface area contributed by atoms with Crippen LogP contribution in [0.5, 0.6) is 5.75 Å². The second-order valence-electron chi connectivity index (χ2n) is 14.3. The fourth-order valence-corrected chi connectivity index (χ4v) is 8.31. The molecule has 4 aliphatic heterocycles. The van der Waals surface area contributed by atoms with Crippen LogP contribution in [0.3, 0.4) is 0 Å². The standard InChI is InChI=1S/C38H49N5O7/c1-25-21-27(22-26(2)35(25)46)23-33(36(47)41-16-9-29(10-17-41)28-7-14-40(15-8-28)34(45)24-44)50-38(49)42-18-12-31(13-19-42)43-20-11-30-5-3-4-6-32(30)39-37(43)48/h3-6,21-22,24,28-29,31,33,46H,7-20,23H2,1-2H3,(H,39,48)/t33-/m1/s1. The van der Waals surface area contributed by atoms with Crippen molar-refractivity contribution < 1.29 is 33.8 Å². The first-order chi connectivity index (χ1) is 24.1. The molecule has 0 bridgehead atoms. The molecule has 0 aliphatic carbocycles. The third-order valence-corrected chi connectivity index (χ3v) is 11.3. The molecule has 268 valence electrons. The van der Waals surface area contributed by atoms with Crippen LogP contribution >= 0.6 is 0 Å². The van der Waals surface area contributed by atoms with Crippen molar-refractivity contribution in [1.29, 1.82) is 0 Å². The molecule has 6 rings (SSSR count). The van der Waals surface area contributed by atoms with E-state index in [1.165, 1.54) is 0 Å². The van der Waals surface area contributed by atoms with Crippen molar-refractivity contribution in [2.24, 2.45) is 11.8 Å². The third kappa shape index (κ3) is 7.89. The first-order valence-electron chi connectivity index (χ1n) is 18.0. The van der Waals surface area contributed by atoms with Crippen molar-refractivity contribution in [3.63, 3.8) is 0 Å². The topological polar surface area (TPSA) is 140 Å². The van der Waals surface area contributed by atoms with Crippen LogP contribution in [0, 0.1) is 25.7 Å². The first kappa shape index (κ1) is 35.2. The minimum atomic E-state index is -1.02. The number of benzene rings is 2. The number of aldehydes is 1. The van der Waals surface area contributed by atoms with E-state index in [0.29, 0.717) is 87.9 Å². The number of urea groups is 1. The van der Waals surface area contributed by atoms with Gasteiger partial charge in [0.25, 0.3) is 11.8 Å². The van der Waals surface area contributed by atoms with Gasteiger partial charge in [-0.1, -0.05) is 30.3 Å². The van der Waals surface area contributed by atoms with Crippen molar-refractivity contribution in [2.45, 2.75) is 77.4 Å². The van der Waals surface area contributed by atoms with Crippen molar-refractivity contribution in [1.82, 2.24) is 19.6 Å². The number of rotatable bonds is 7. The Balaban J connectivity index is 1.07. The molecular formula is C38H49N5O7. The SMILES string of the molecule is Cc1cc(C[C@@H](OC(=O)N2CCC(N3CCc4ccccc4NC3=O)CC2)C(=O)N2CCC(C3CCN(C(=O)C=O)CC3)CC2)cc(C)c1O. The Kier molecular flexibility index (Phi) is 10.9. The average molecular weight is 688 g/mol. The molecule has 5 amide bonds. The zero-order valence-electron chi connectivity index (χ0n) is 29.1. The summed E-state index contributed by atoms with van der Waals surface area (Å²) in [5.74, 6) is 0.406. The van der Waals surface area contributed by atoms with Gasteiger partial charge < -0.3 is 34.8 Å². The molecule has 3 saturated heterocycles. The smallest absolute Gasteiger partial charge is 0.410 e. The molecule has 0 unspecified atom stereocenters. The Labute approximate surface area is 293 Å². The van der Waals surface area contributed by atoms with Crippen LogP contribution in [-0.2, 0) is 32.0 Å². The minimum absolute atomic E-state index is 0.00669. The lowest BCUT2D eigenvalue weighted by molar-refractivity contribution is -0.143. The molecule has 2 aromatic rings. The number of fused-ring (bicyclic) bond motifs is 1. The molecule has 2 N–H and O–H groups in total. The van der Waals surface area contributed by atoms with Crippen LogP contribution in [0.2, 0.25) is 0 Å². The summed E-state index contributed by atoms with van der Waals surface area (Å²) in [5.41, 5.74) is 4.15. The predicted octanol–water partition coefficient (Wildman–Crippen LogP) is 4.29. The highest BCUT2D eigenvalue weighted by atomic mass is 16.6. The summed E-state index contributed by atoms with van der Waals surface area (Å²) in [5, 5.41) is 13.4. The predicted molar refractivity (Wildman–Crippen MR) is 187 cm³/mol. The summed E-state index contributed by atoms with van der Waals surface area (Å²) in [6, 6.07) is 11.4. The van der Waals surface area contributed by atoms with E-state index in [1.54, 1.807) is 9.80 Å². The van der Waals surface area contributed by atoms with Gasteiger partial charge in [-0.25, -0.2) is 9.59 Å². The lowest BCUT2D eigenvalue weighted by Gasteiger charge is -2.40. The zero-order valence-corrected chi connectivity index (χ0v) is 29.1. The fraction of sp³-hybridized carbons (Fsp3) is 0.553. The monoisotopic (exact) mass is 687 g/mol. The van der Waals surface area contributed by atoms with Crippen LogP contribution in [0.25, 0.3) is 0 Å². The van der Waals surface area contributed by atoms with E-state index in [-0.39, 0.29) is 30.2 Å². The number of piperidine rings is 3. The Morgan fingerprint density at radius 1 is 0.860 bits per heavy atom. The number of aromatic hydroxyl groups is 1. The number of phenols is 1. The van der Waals surface area contributed by atoms with Gasteiger partial charge in [-0.3, -0.25) is 14.4 Å². The summed E-state index contributed by atoms with van der Waals surface area (Å²) in [4.78, 5) is 70.4. The van der Waals surface area contributed by atoms with Gasteiger partial charge in [0.2, 0.25) is 6.29 Å². The number of anilines is 1. The van der Waals surface area contributed by atoms with E-state index in [2.05, 4.69) is 5.32 Å². The number of nitrogens with one attached hydrogen (secondary N) is 1. The van der Waals surface area contributed by atoms with Gasteiger partial charge in [0.05, 0.1) is 0 Å². The molecule has 2 aromatic carbocycles. The van der Waals surface area contributed by atoms with Gasteiger partial charge in [-0.2, -0.15) is 0 Å². The molecule has 0 radical (unpaired) electrons. The van der Waals surface area contributed by atoms with E-state index in [0.717, 1.165) is 48.9 Å². The van der Waals surface area contributed by atoms with Crippen LogP contribution in [0.15, 0.2) is 36.4 Å². The lowest BCUT2D eigenvalue weighted by atomic mass is 9.78. The number of carbonyl (C=O) groups excluding carboxylic acids is 5. The maximum Gasteiger partial charge on any atom is 0.410 e. The van der Waals surface area contributed by atoms with Crippen molar-refractivity contribution >= 4 is 35.9 Å². The number of phenolic OH excluding ortho intramolecular Hbond substituents is 1.